The Balaban J connectivity index is 1.83. The molecule has 1 saturated heterocycles. The molecule has 2 N–H and O–H groups in total. The predicted molar refractivity (Wildman–Crippen MR) is 112 cm³/mol. The lowest BCUT2D eigenvalue weighted by Crippen LogP contribution is -2.47. The van der Waals surface area contributed by atoms with E-state index < -0.39 is 0 Å². The number of methoxy groups -OCH3 is 1. The molecule has 1 aromatic carbocycles. The monoisotopic (exact) mass is 377 g/mol. The van der Waals surface area contributed by atoms with Crippen molar-refractivity contribution in [1.29, 1.82) is 0 Å². The lowest BCUT2D eigenvalue weighted by atomic mass is 10.1. The van der Waals surface area contributed by atoms with Crippen LogP contribution in [0.25, 0.3) is 0 Å². The summed E-state index contributed by atoms with van der Waals surface area (Å²) in [5.74, 6) is 2.75. The van der Waals surface area contributed by atoms with Crippen molar-refractivity contribution in [3.8, 4) is 11.5 Å². The van der Waals surface area contributed by atoms with Crippen LogP contribution in [0, 0.1) is 5.92 Å². The second-order valence-corrected chi connectivity index (χ2v) is 7.09. The number of nitrogens with one attached hydrogen (secondary N) is 2. The van der Waals surface area contributed by atoms with Gasteiger partial charge >= 0.3 is 0 Å². The van der Waals surface area contributed by atoms with E-state index in [0.29, 0.717) is 18.3 Å². The fraction of sp³-hybridized carbons (Fsp3) is 0.650. The highest BCUT2D eigenvalue weighted by atomic mass is 16.5. The van der Waals surface area contributed by atoms with E-state index in [2.05, 4.69) is 39.4 Å². The largest absolute Gasteiger partial charge is 0.493 e. The number of guanidine groups is 1. The summed E-state index contributed by atoms with van der Waals surface area (Å²) in [7, 11) is 5.62. The van der Waals surface area contributed by atoms with Gasteiger partial charge in [-0.05, 0) is 32.0 Å². The molecule has 0 aromatic heterocycles. The van der Waals surface area contributed by atoms with Crippen molar-refractivity contribution in [3.63, 3.8) is 0 Å². The van der Waals surface area contributed by atoms with Crippen molar-refractivity contribution in [2.24, 2.45) is 10.9 Å². The van der Waals surface area contributed by atoms with E-state index in [1.54, 1.807) is 14.2 Å². The first kappa shape index (κ1) is 21.3. The minimum Gasteiger partial charge on any atom is -0.493 e. The fourth-order valence-corrected chi connectivity index (χ4v) is 3.14. The Kier molecular flexibility index (Phi) is 8.67. The van der Waals surface area contributed by atoms with E-state index in [-0.39, 0.29) is 0 Å². The second kappa shape index (κ2) is 11.0. The second-order valence-electron chi connectivity index (χ2n) is 7.09. The number of likely N-dealkylation sites (N-methyl/N-ethyl adjacent to an activating group) is 1. The van der Waals surface area contributed by atoms with Gasteiger partial charge in [0.25, 0.3) is 0 Å². The molecule has 1 fully saturated rings. The molecule has 1 aliphatic heterocycles. The average Bonchev–Trinajstić information content (AvgIpc) is 2.68. The van der Waals surface area contributed by atoms with Gasteiger partial charge in [-0.25, -0.2) is 0 Å². The summed E-state index contributed by atoms with van der Waals surface area (Å²) in [4.78, 5) is 9.26. The van der Waals surface area contributed by atoms with Crippen molar-refractivity contribution in [1.82, 2.24) is 15.1 Å². The molecule has 1 aromatic rings. The predicted octanol–water partition coefficient (Wildman–Crippen LogP) is 1.96. The summed E-state index contributed by atoms with van der Waals surface area (Å²) in [6.07, 6.45) is 0. The SMILES string of the molecule is CCOc1ccc(NC(=NC)NCC(C)CN2CCN(C)CC2)cc1OC. The van der Waals surface area contributed by atoms with E-state index in [9.17, 15) is 0 Å². The normalized spacial score (nSPS) is 17.4. The van der Waals surface area contributed by atoms with Crippen LogP contribution in [0.5, 0.6) is 11.5 Å². The highest BCUT2D eigenvalue weighted by molar-refractivity contribution is 5.93. The molecule has 0 amide bonds. The minimum atomic E-state index is 0.543. The Hall–Kier alpha value is -1.99. The molecule has 1 aliphatic rings. The number of ether oxygens (including phenoxy) is 2. The van der Waals surface area contributed by atoms with Crippen molar-refractivity contribution in [3.05, 3.63) is 18.2 Å². The van der Waals surface area contributed by atoms with E-state index in [1.165, 1.54) is 0 Å². The fourth-order valence-electron chi connectivity index (χ4n) is 3.14. The zero-order valence-corrected chi connectivity index (χ0v) is 17.4. The van der Waals surface area contributed by atoms with Crippen molar-refractivity contribution >= 4 is 11.6 Å². The number of nitrogens with zero attached hydrogens (tertiary/aromatic N) is 3. The van der Waals surface area contributed by atoms with Crippen LogP contribution < -0.4 is 20.1 Å². The topological polar surface area (TPSA) is 61.4 Å². The Bertz CT molecular complexity index is 600. The van der Waals surface area contributed by atoms with Crippen LogP contribution in [0.2, 0.25) is 0 Å². The van der Waals surface area contributed by atoms with Crippen LogP contribution in [-0.2, 0) is 0 Å². The first-order valence-electron chi connectivity index (χ1n) is 9.75. The lowest BCUT2D eigenvalue weighted by Gasteiger charge is -2.34. The smallest absolute Gasteiger partial charge is 0.195 e. The van der Waals surface area contributed by atoms with Crippen molar-refractivity contribution < 1.29 is 9.47 Å². The molecule has 0 bridgehead atoms. The summed E-state index contributed by atoms with van der Waals surface area (Å²) in [6, 6.07) is 5.80. The molecule has 7 heteroatoms. The molecule has 1 unspecified atom stereocenters. The number of piperazine rings is 1. The van der Waals surface area contributed by atoms with Gasteiger partial charge in [0.2, 0.25) is 0 Å². The highest BCUT2D eigenvalue weighted by Crippen LogP contribution is 2.30. The third-order valence-electron chi connectivity index (χ3n) is 4.73. The third kappa shape index (κ3) is 6.92. The van der Waals surface area contributed by atoms with Crippen LogP contribution in [0.4, 0.5) is 5.69 Å². The Morgan fingerprint density at radius 3 is 2.59 bits per heavy atom. The van der Waals surface area contributed by atoms with Crippen LogP contribution in [0.3, 0.4) is 0 Å². The maximum Gasteiger partial charge on any atom is 0.195 e. The number of anilines is 1. The van der Waals surface area contributed by atoms with Crippen molar-refractivity contribution in [2.45, 2.75) is 13.8 Å². The number of rotatable bonds is 8. The molecule has 1 atom stereocenters. The molecule has 0 radical (unpaired) electrons. The van der Waals surface area contributed by atoms with Gasteiger partial charge in [-0.15, -0.1) is 0 Å². The van der Waals surface area contributed by atoms with Gasteiger partial charge in [-0.2, -0.15) is 0 Å². The van der Waals surface area contributed by atoms with Crippen LogP contribution >= 0.6 is 0 Å². The van der Waals surface area contributed by atoms with Gasteiger partial charge in [0.15, 0.2) is 17.5 Å². The third-order valence-corrected chi connectivity index (χ3v) is 4.73. The van der Waals surface area contributed by atoms with E-state index in [1.807, 2.05) is 25.1 Å². The summed E-state index contributed by atoms with van der Waals surface area (Å²) in [5.41, 5.74) is 0.912. The van der Waals surface area contributed by atoms with Gasteiger partial charge in [0, 0.05) is 58.1 Å². The number of aliphatic imine (C=N–C) groups is 1. The molecule has 7 nitrogen and oxygen atoms in total. The quantitative estimate of drug-likeness (QED) is 0.534. The average molecular weight is 378 g/mol. The molecular weight excluding hydrogens is 342 g/mol. The van der Waals surface area contributed by atoms with Gasteiger partial charge < -0.3 is 29.9 Å². The molecule has 0 aliphatic carbocycles. The number of hydrogen-bond donors (Lipinski definition) is 2. The van der Waals surface area contributed by atoms with Crippen LogP contribution in [0.15, 0.2) is 23.2 Å². The molecule has 2 rings (SSSR count). The molecule has 1 heterocycles. The molecule has 0 spiro atoms. The zero-order valence-electron chi connectivity index (χ0n) is 17.4. The van der Waals surface area contributed by atoms with Gasteiger partial charge in [0.1, 0.15) is 0 Å². The zero-order chi connectivity index (χ0) is 19.6. The Morgan fingerprint density at radius 2 is 1.96 bits per heavy atom. The summed E-state index contributed by atoms with van der Waals surface area (Å²) in [6.45, 7) is 11.4. The highest BCUT2D eigenvalue weighted by Gasteiger charge is 2.16. The first-order valence-corrected chi connectivity index (χ1v) is 9.75. The number of hydrogen-bond acceptors (Lipinski definition) is 5. The minimum absolute atomic E-state index is 0.543. The van der Waals surface area contributed by atoms with Crippen LogP contribution in [0.1, 0.15) is 13.8 Å². The van der Waals surface area contributed by atoms with Gasteiger partial charge in [0.05, 0.1) is 13.7 Å². The van der Waals surface area contributed by atoms with Crippen molar-refractivity contribution in [2.75, 3.05) is 72.4 Å². The van der Waals surface area contributed by atoms with E-state index in [0.717, 1.165) is 56.7 Å². The lowest BCUT2D eigenvalue weighted by molar-refractivity contribution is 0.139. The standard InChI is InChI=1S/C20H35N5O2/c1-6-27-18-8-7-17(13-19(18)26-5)23-20(21-3)22-14-16(2)15-25-11-9-24(4)10-12-25/h7-8,13,16H,6,9-12,14-15H2,1-5H3,(H2,21,22,23). The number of benzene rings is 1. The maximum atomic E-state index is 5.57. The molecule has 0 saturated carbocycles. The molecule has 27 heavy (non-hydrogen) atoms. The van der Waals surface area contributed by atoms with Gasteiger partial charge in [-0.1, -0.05) is 6.92 Å². The summed E-state index contributed by atoms with van der Waals surface area (Å²) in [5, 5.41) is 6.74. The first-order chi connectivity index (χ1) is 13.0. The maximum absolute atomic E-state index is 5.57. The van der Waals surface area contributed by atoms with Gasteiger partial charge in [-0.3, -0.25) is 4.99 Å². The van der Waals surface area contributed by atoms with Crippen LogP contribution in [-0.4, -0.2) is 82.8 Å². The Labute approximate surface area is 163 Å². The summed E-state index contributed by atoms with van der Waals surface area (Å²) >= 11 is 0. The van der Waals surface area contributed by atoms with E-state index >= 15 is 0 Å². The molecular formula is C20H35N5O2. The Morgan fingerprint density at radius 1 is 1.22 bits per heavy atom. The van der Waals surface area contributed by atoms with E-state index in [4.69, 9.17) is 9.47 Å². The summed E-state index contributed by atoms with van der Waals surface area (Å²) < 4.78 is 11.0. The molecule has 152 valence electrons.